The van der Waals surface area contributed by atoms with E-state index in [0.717, 1.165) is 5.56 Å². The number of nitrogens with two attached hydrogens (primary N) is 1. The number of primary amides is 1. The van der Waals surface area contributed by atoms with Crippen LogP contribution in [0.5, 0.6) is 5.75 Å². The molecule has 1 aliphatic carbocycles. The fourth-order valence-electron chi connectivity index (χ4n) is 3.00. The lowest BCUT2D eigenvalue weighted by atomic mass is 10.1. The maximum absolute atomic E-state index is 13.7. The molecule has 3 N–H and O–H groups in total. The molecule has 6 heteroatoms. The molecule has 0 fully saturated rings. The van der Waals surface area contributed by atoms with E-state index in [2.05, 4.69) is 5.32 Å². The lowest BCUT2D eigenvalue weighted by Crippen LogP contribution is -2.28. The Labute approximate surface area is 145 Å². The lowest BCUT2D eigenvalue weighted by Gasteiger charge is -2.14. The first-order valence-electron chi connectivity index (χ1n) is 8.14. The van der Waals surface area contributed by atoms with E-state index in [1.165, 1.54) is 6.07 Å². The number of nitrogens with one attached hydrogen (secondary N) is 1. The number of ether oxygens (including phenoxy) is 1. The molecule has 0 aliphatic heterocycles. The maximum Gasteiger partial charge on any atom is 0.248 e. The molecular weight excluding hydrogens is 323 g/mol. The van der Waals surface area contributed by atoms with Crippen LogP contribution in [0.4, 0.5) is 4.39 Å². The number of carbonyl (C=O) groups is 2. The Morgan fingerprint density at radius 1 is 1.20 bits per heavy atom. The van der Waals surface area contributed by atoms with Gasteiger partial charge in [0.2, 0.25) is 11.8 Å². The van der Waals surface area contributed by atoms with Gasteiger partial charge in [-0.1, -0.05) is 12.1 Å². The van der Waals surface area contributed by atoms with Gasteiger partial charge in [0.15, 0.2) is 0 Å². The summed E-state index contributed by atoms with van der Waals surface area (Å²) in [5.74, 6) is -0.293. The van der Waals surface area contributed by atoms with E-state index < -0.39 is 5.91 Å². The summed E-state index contributed by atoms with van der Waals surface area (Å²) in [6, 6.07) is 11.2. The summed E-state index contributed by atoms with van der Waals surface area (Å²) in [6.07, 6.45) is 1.53. The minimum Gasteiger partial charge on any atom is -0.493 e. The number of hydrogen-bond donors (Lipinski definition) is 2. The fraction of sp³-hybridized carbons (Fsp3) is 0.263. The lowest BCUT2D eigenvalue weighted by molar-refractivity contribution is -0.122. The quantitative estimate of drug-likeness (QED) is 0.846. The Kier molecular flexibility index (Phi) is 4.97. The Morgan fingerprint density at radius 3 is 2.68 bits per heavy atom. The van der Waals surface area contributed by atoms with Crippen LogP contribution in [0, 0.1) is 5.82 Å². The van der Waals surface area contributed by atoms with E-state index in [9.17, 15) is 14.0 Å². The summed E-state index contributed by atoms with van der Waals surface area (Å²) in [6.45, 7) is 0.213. The van der Waals surface area contributed by atoms with Gasteiger partial charge in [0.05, 0.1) is 19.1 Å². The zero-order valence-corrected chi connectivity index (χ0v) is 13.6. The normalized spacial score (nSPS) is 15.5. The van der Waals surface area contributed by atoms with Gasteiger partial charge < -0.3 is 15.8 Å². The largest absolute Gasteiger partial charge is 0.493 e. The van der Waals surface area contributed by atoms with Gasteiger partial charge in [0, 0.05) is 5.56 Å². The number of halogens is 1. The first-order chi connectivity index (χ1) is 12.0. The van der Waals surface area contributed by atoms with Crippen LogP contribution in [0.1, 0.15) is 40.4 Å². The second kappa shape index (κ2) is 7.34. The Bertz CT molecular complexity index is 790. The van der Waals surface area contributed by atoms with Crippen molar-refractivity contribution in [2.45, 2.75) is 25.3 Å². The van der Waals surface area contributed by atoms with E-state index in [4.69, 9.17) is 10.5 Å². The minimum atomic E-state index is -0.501. The van der Waals surface area contributed by atoms with Crippen molar-refractivity contribution in [1.82, 2.24) is 5.32 Å². The molecule has 0 aromatic heterocycles. The first-order valence-corrected chi connectivity index (χ1v) is 8.14. The van der Waals surface area contributed by atoms with Gasteiger partial charge in [-0.3, -0.25) is 9.59 Å². The standard InChI is InChI=1S/C19H19FN2O3/c20-16-3-1-2-15-14(16)8-9-17(15)22-18(23)10-11-25-13-6-4-12(5-7-13)19(21)24/h1-7,17H,8-11H2,(H2,21,24)(H,22,23). The molecule has 0 radical (unpaired) electrons. The monoisotopic (exact) mass is 342 g/mol. The van der Waals surface area contributed by atoms with Crippen LogP contribution >= 0.6 is 0 Å². The van der Waals surface area contributed by atoms with Gasteiger partial charge in [-0.25, -0.2) is 4.39 Å². The van der Waals surface area contributed by atoms with Crippen molar-refractivity contribution < 1.29 is 18.7 Å². The zero-order valence-electron chi connectivity index (χ0n) is 13.6. The maximum atomic E-state index is 13.7. The predicted molar refractivity (Wildman–Crippen MR) is 90.7 cm³/mol. The van der Waals surface area contributed by atoms with Crippen molar-refractivity contribution in [2.75, 3.05) is 6.61 Å². The third kappa shape index (κ3) is 3.96. The molecule has 2 amide bonds. The molecule has 1 atom stereocenters. The van der Waals surface area contributed by atoms with E-state index in [-0.39, 0.29) is 30.8 Å². The first kappa shape index (κ1) is 17.0. The number of carbonyl (C=O) groups excluding carboxylic acids is 2. The van der Waals surface area contributed by atoms with Gasteiger partial charge in [-0.05, 0) is 54.3 Å². The summed E-state index contributed by atoms with van der Waals surface area (Å²) in [5, 5.41) is 2.93. The van der Waals surface area contributed by atoms with Crippen molar-refractivity contribution in [3.63, 3.8) is 0 Å². The zero-order chi connectivity index (χ0) is 17.8. The molecule has 1 aliphatic rings. The second-order valence-electron chi connectivity index (χ2n) is 5.95. The van der Waals surface area contributed by atoms with Crippen LogP contribution in [0.3, 0.4) is 0 Å². The topological polar surface area (TPSA) is 81.4 Å². The van der Waals surface area contributed by atoms with Gasteiger partial charge in [0.1, 0.15) is 11.6 Å². The average Bonchev–Trinajstić information content (AvgIpc) is 3.00. The molecule has 0 heterocycles. The SMILES string of the molecule is NC(=O)c1ccc(OCCC(=O)NC2CCc3c(F)cccc32)cc1. The summed E-state index contributed by atoms with van der Waals surface area (Å²) in [7, 11) is 0. The van der Waals surface area contributed by atoms with Crippen LogP contribution in [0.15, 0.2) is 42.5 Å². The highest BCUT2D eigenvalue weighted by atomic mass is 19.1. The van der Waals surface area contributed by atoms with Crippen LogP contribution < -0.4 is 15.8 Å². The Balaban J connectivity index is 1.48. The molecule has 2 aromatic rings. The van der Waals surface area contributed by atoms with Gasteiger partial charge in [-0.2, -0.15) is 0 Å². The van der Waals surface area contributed by atoms with Crippen molar-refractivity contribution in [1.29, 1.82) is 0 Å². The molecule has 1 unspecified atom stereocenters. The number of benzene rings is 2. The van der Waals surface area contributed by atoms with Crippen LogP contribution in [-0.4, -0.2) is 18.4 Å². The number of amides is 2. The summed E-state index contributed by atoms with van der Waals surface area (Å²) < 4.78 is 19.2. The highest BCUT2D eigenvalue weighted by Crippen LogP contribution is 2.32. The van der Waals surface area contributed by atoms with E-state index in [0.29, 0.717) is 29.7 Å². The van der Waals surface area contributed by atoms with Crippen LogP contribution in [0.25, 0.3) is 0 Å². The number of fused-ring (bicyclic) bond motifs is 1. The molecule has 2 aromatic carbocycles. The van der Waals surface area contributed by atoms with Crippen molar-refractivity contribution in [3.8, 4) is 5.75 Å². The van der Waals surface area contributed by atoms with E-state index in [1.54, 1.807) is 30.3 Å². The third-order valence-electron chi connectivity index (χ3n) is 4.29. The van der Waals surface area contributed by atoms with Gasteiger partial charge in [0.25, 0.3) is 0 Å². The number of rotatable bonds is 6. The molecular formula is C19H19FN2O3. The summed E-state index contributed by atoms with van der Waals surface area (Å²) in [5.41, 5.74) is 7.12. The van der Waals surface area contributed by atoms with Gasteiger partial charge in [-0.15, -0.1) is 0 Å². The molecule has 3 rings (SSSR count). The Hall–Kier alpha value is -2.89. The molecule has 0 saturated heterocycles. The second-order valence-corrected chi connectivity index (χ2v) is 5.95. The summed E-state index contributed by atoms with van der Waals surface area (Å²) >= 11 is 0. The van der Waals surface area contributed by atoms with Crippen molar-refractivity contribution >= 4 is 11.8 Å². The van der Waals surface area contributed by atoms with Crippen LogP contribution in [-0.2, 0) is 11.2 Å². The third-order valence-corrected chi connectivity index (χ3v) is 4.29. The molecule has 5 nitrogen and oxygen atoms in total. The van der Waals surface area contributed by atoms with Crippen molar-refractivity contribution in [2.24, 2.45) is 5.73 Å². The van der Waals surface area contributed by atoms with Gasteiger partial charge >= 0.3 is 0 Å². The average molecular weight is 342 g/mol. The molecule has 0 spiro atoms. The molecule has 0 saturated carbocycles. The highest BCUT2D eigenvalue weighted by Gasteiger charge is 2.25. The highest BCUT2D eigenvalue weighted by molar-refractivity contribution is 5.92. The predicted octanol–water partition coefficient (Wildman–Crippen LogP) is 2.50. The molecule has 25 heavy (non-hydrogen) atoms. The van der Waals surface area contributed by atoms with Crippen molar-refractivity contribution in [3.05, 3.63) is 65.0 Å². The molecule has 0 bridgehead atoms. The summed E-state index contributed by atoms with van der Waals surface area (Å²) in [4.78, 5) is 23.1. The fourth-order valence-corrected chi connectivity index (χ4v) is 3.00. The smallest absolute Gasteiger partial charge is 0.248 e. The van der Waals surface area contributed by atoms with E-state index >= 15 is 0 Å². The van der Waals surface area contributed by atoms with E-state index in [1.807, 2.05) is 6.07 Å². The van der Waals surface area contributed by atoms with Crippen LogP contribution in [0.2, 0.25) is 0 Å². The molecule has 130 valence electrons. The Morgan fingerprint density at radius 2 is 1.96 bits per heavy atom. The number of hydrogen-bond acceptors (Lipinski definition) is 3. The minimum absolute atomic E-state index is 0.143.